The van der Waals surface area contributed by atoms with Crippen molar-refractivity contribution in [2.75, 3.05) is 0 Å². The molecule has 3 nitrogen and oxygen atoms in total. The normalized spacial score (nSPS) is 10.7. The highest BCUT2D eigenvalue weighted by Gasteiger charge is 2.00. The SMILES string of the molecule is Cc1cc2[nH]ncc2nc1Cl. The Kier molecular flexibility index (Phi) is 1.32. The van der Waals surface area contributed by atoms with Crippen molar-refractivity contribution in [2.24, 2.45) is 0 Å². The fourth-order valence-corrected chi connectivity index (χ4v) is 1.10. The van der Waals surface area contributed by atoms with Crippen LogP contribution in [0.1, 0.15) is 5.56 Å². The summed E-state index contributed by atoms with van der Waals surface area (Å²) in [7, 11) is 0. The van der Waals surface area contributed by atoms with Crippen molar-refractivity contribution in [2.45, 2.75) is 6.92 Å². The molecule has 0 aliphatic carbocycles. The summed E-state index contributed by atoms with van der Waals surface area (Å²) < 4.78 is 0. The molecule has 0 bridgehead atoms. The van der Waals surface area contributed by atoms with Crippen LogP contribution in [0.5, 0.6) is 0 Å². The summed E-state index contributed by atoms with van der Waals surface area (Å²) in [4.78, 5) is 4.11. The Labute approximate surface area is 68.4 Å². The Balaban J connectivity index is 2.86. The first-order chi connectivity index (χ1) is 5.27. The third-order valence-corrected chi connectivity index (χ3v) is 1.94. The van der Waals surface area contributed by atoms with Crippen LogP contribution in [0.15, 0.2) is 12.3 Å². The summed E-state index contributed by atoms with van der Waals surface area (Å²) in [6, 6.07) is 1.93. The molecular formula is C7H6ClN3. The van der Waals surface area contributed by atoms with Crippen LogP contribution in [0.2, 0.25) is 5.15 Å². The third kappa shape index (κ3) is 0.973. The summed E-state index contributed by atoms with van der Waals surface area (Å²) in [6.07, 6.45) is 1.65. The highest BCUT2D eigenvalue weighted by atomic mass is 35.5. The summed E-state index contributed by atoms with van der Waals surface area (Å²) in [5.41, 5.74) is 2.69. The molecule has 0 aliphatic rings. The first-order valence-corrected chi connectivity index (χ1v) is 3.61. The van der Waals surface area contributed by atoms with Gasteiger partial charge in [-0.25, -0.2) is 4.98 Å². The highest BCUT2D eigenvalue weighted by molar-refractivity contribution is 6.30. The number of rotatable bonds is 0. The smallest absolute Gasteiger partial charge is 0.132 e. The lowest BCUT2D eigenvalue weighted by atomic mass is 10.3. The average Bonchev–Trinajstić information content (AvgIpc) is 2.36. The van der Waals surface area contributed by atoms with E-state index in [1.807, 2.05) is 13.0 Å². The fourth-order valence-electron chi connectivity index (χ4n) is 0.955. The number of aryl methyl sites for hydroxylation is 1. The number of aromatic nitrogens is 3. The van der Waals surface area contributed by atoms with Gasteiger partial charge in [-0.3, -0.25) is 5.10 Å². The van der Waals surface area contributed by atoms with Crippen LogP contribution in [0, 0.1) is 6.92 Å². The number of H-pyrrole nitrogens is 1. The quantitative estimate of drug-likeness (QED) is 0.609. The second-order valence-corrected chi connectivity index (χ2v) is 2.76. The van der Waals surface area contributed by atoms with E-state index in [1.165, 1.54) is 0 Å². The standard InChI is InChI=1S/C7H6ClN3/c1-4-2-5-6(3-9-11-5)10-7(4)8/h2-3H,1H3,(H,9,11). The molecule has 2 rings (SSSR count). The number of hydrogen-bond donors (Lipinski definition) is 1. The number of nitrogens with zero attached hydrogens (tertiary/aromatic N) is 2. The van der Waals surface area contributed by atoms with Crippen LogP contribution in [0.25, 0.3) is 11.0 Å². The molecule has 2 aromatic heterocycles. The molecule has 0 aliphatic heterocycles. The van der Waals surface area contributed by atoms with E-state index in [0.29, 0.717) is 5.15 Å². The zero-order valence-corrected chi connectivity index (χ0v) is 6.68. The van der Waals surface area contributed by atoms with Gasteiger partial charge in [-0.1, -0.05) is 11.6 Å². The zero-order valence-electron chi connectivity index (χ0n) is 5.93. The van der Waals surface area contributed by atoms with E-state index in [1.54, 1.807) is 6.20 Å². The van der Waals surface area contributed by atoms with Crippen molar-refractivity contribution in [3.8, 4) is 0 Å². The molecule has 4 heteroatoms. The Bertz CT molecular complexity index is 357. The van der Waals surface area contributed by atoms with E-state index in [0.717, 1.165) is 16.6 Å². The lowest BCUT2D eigenvalue weighted by Crippen LogP contribution is -1.80. The Morgan fingerprint density at radius 2 is 2.36 bits per heavy atom. The van der Waals surface area contributed by atoms with Gasteiger partial charge in [0.25, 0.3) is 0 Å². The van der Waals surface area contributed by atoms with Gasteiger partial charge in [0.15, 0.2) is 0 Å². The summed E-state index contributed by atoms with van der Waals surface area (Å²) in [5.74, 6) is 0. The van der Waals surface area contributed by atoms with E-state index < -0.39 is 0 Å². The van der Waals surface area contributed by atoms with Crippen LogP contribution in [0.4, 0.5) is 0 Å². The maximum absolute atomic E-state index is 5.79. The van der Waals surface area contributed by atoms with Crippen molar-refractivity contribution in [3.05, 3.63) is 23.0 Å². The minimum absolute atomic E-state index is 0.541. The second kappa shape index (κ2) is 2.20. The van der Waals surface area contributed by atoms with Gasteiger partial charge in [-0.2, -0.15) is 5.10 Å². The van der Waals surface area contributed by atoms with Gasteiger partial charge in [-0.05, 0) is 18.6 Å². The Hall–Kier alpha value is -1.09. The highest BCUT2D eigenvalue weighted by Crippen LogP contribution is 2.16. The topological polar surface area (TPSA) is 41.6 Å². The minimum atomic E-state index is 0.541. The summed E-state index contributed by atoms with van der Waals surface area (Å²) in [5, 5.41) is 7.19. The number of pyridine rings is 1. The van der Waals surface area contributed by atoms with Crippen LogP contribution < -0.4 is 0 Å². The lowest BCUT2D eigenvalue weighted by molar-refractivity contribution is 1.12. The third-order valence-electron chi connectivity index (χ3n) is 1.55. The minimum Gasteiger partial charge on any atom is -0.276 e. The number of hydrogen-bond acceptors (Lipinski definition) is 2. The second-order valence-electron chi connectivity index (χ2n) is 2.40. The van der Waals surface area contributed by atoms with Gasteiger partial charge >= 0.3 is 0 Å². The molecule has 1 N–H and O–H groups in total. The van der Waals surface area contributed by atoms with E-state index in [9.17, 15) is 0 Å². The molecule has 0 fully saturated rings. The lowest BCUT2D eigenvalue weighted by Gasteiger charge is -1.94. The van der Waals surface area contributed by atoms with Gasteiger partial charge in [0, 0.05) is 0 Å². The molecule has 2 aromatic rings. The van der Waals surface area contributed by atoms with Crippen molar-refractivity contribution >= 4 is 22.6 Å². The summed E-state index contributed by atoms with van der Waals surface area (Å²) >= 11 is 5.79. The molecule has 0 atom stereocenters. The maximum atomic E-state index is 5.79. The van der Waals surface area contributed by atoms with Crippen LogP contribution in [-0.2, 0) is 0 Å². The molecule has 0 saturated carbocycles. The molecular weight excluding hydrogens is 162 g/mol. The number of nitrogens with one attached hydrogen (secondary N) is 1. The number of halogens is 1. The van der Waals surface area contributed by atoms with Gasteiger partial charge in [0.2, 0.25) is 0 Å². The van der Waals surface area contributed by atoms with Crippen LogP contribution >= 0.6 is 11.6 Å². The monoisotopic (exact) mass is 167 g/mol. The van der Waals surface area contributed by atoms with E-state index in [-0.39, 0.29) is 0 Å². The fraction of sp³-hybridized carbons (Fsp3) is 0.143. The van der Waals surface area contributed by atoms with E-state index in [4.69, 9.17) is 11.6 Å². The first-order valence-electron chi connectivity index (χ1n) is 3.23. The van der Waals surface area contributed by atoms with Gasteiger partial charge < -0.3 is 0 Å². The Morgan fingerprint density at radius 1 is 1.55 bits per heavy atom. The van der Waals surface area contributed by atoms with Crippen LogP contribution in [0.3, 0.4) is 0 Å². The van der Waals surface area contributed by atoms with Crippen molar-refractivity contribution in [1.82, 2.24) is 15.2 Å². The zero-order chi connectivity index (χ0) is 7.84. The van der Waals surface area contributed by atoms with E-state index >= 15 is 0 Å². The number of aromatic amines is 1. The van der Waals surface area contributed by atoms with Gasteiger partial charge in [0.1, 0.15) is 10.7 Å². The molecule has 0 amide bonds. The largest absolute Gasteiger partial charge is 0.276 e. The molecule has 0 saturated heterocycles. The van der Waals surface area contributed by atoms with E-state index in [2.05, 4.69) is 15.2 Å². The molecule has 0 aromatic carbocycles. The molecule has 56 valence electrons. The van der Waals surface area contributed by atoms with Crippen molar-refractivity contribution in [1.29, 1.82) is 0 Å². The molecule has 0 unspecified atom stereocenters. The maximum Gasteiger partial charge on any atom is 0.132 e. The van der Waals surface area contributed by atoms with Crippen LogP contribution in [-0.4, -0.2) is 15.2 Å². The number of fused-ring (bicyclic) bond motifs is 1. The summed E-state index contributed by atoms with van der Waals surface area (Å²) in [6.45, 7) is 1.91. The van der Waals surface area contributed by atoms with Crippen molar-refractivity contribution in [3.63, 3.8) is 0 Å². The average molecular weight is 168 g/mol. The predicted molar refractivity (Wildman–Crippen MR) is 43.6 cm³/mol. The molecule has 11 heavy (non-hydrogen) atoms. The van der Waals surface area contributed by atoms with Gasteiger partial charge in [0.05, 0.1) is 11.7 Å². The predicted octanol–water partition coefficient (Wildman–Crippen LogP) is 1.92. The first kappa shape index (κ1) is 6.61. The molecule has 0 radical (unpaired) electrons. The van der Waals surface area contributed by atoms with Gasteiger partial charge in [-0.15, -0.1) is 0 Å². The Morgan fingerprint density at radius 3 is 3.18 bits per heavy atom. The molecule has 0 spiro atoms. The van der Waals surface area contributed by atoms with Crippen molar-refractivity contribution < 1.29 is 0 Å². The molecule has 2 heterocycles.